The molecule has 19 heavy (non-hydrogen) atoms. The highest BCUT2D eigenvalue weighted by molar-refractivity contribution is 5.37. The number of hydrogen-bond acceptors (Lipinski definition) is 2. The van der Waals surface area contributed by atoms with Gasteiger partial charge in [0.05, 0.1) is 0 Å². The molecule has 1 saturated heterocycles. The fourth-order valence-electron chi connectivity index (χ4n) is 2.87. The summed E-state index contributed by atoms with van der Waals surface area (Å²) in [4.78, 5) is 0. The van der Waals surface area contributed by atoms with Crippen molar-refractivity contribution in [2.24, 2.45) is 5.73 Å². The first-order chi connectivity index (χ1) is 8.89. The number of rotatable bonds is 2. The SMILES string of the molecule is Cc1ccc(C(C)(C)C)cc1C(N)C1CCCCN1. The fourth-order valence-corrected chi connectivity index (χ4v) is 2.87. The Labute approximate surface area is 117 Å². The molecule has 2 heteroatoms. The Morgan fingerprint density at radius 2 is 2.00 bits per heavy atom. The van der Waals surface area contributed by atoms with Gasteiger partial charge in [-0.25, -0.2) is 0 Å². The molecule has 2 rings (SSSR count). The maximum absolute atomic E-state index is 6.52. The van der Waals surface area contributed by atoms with Gasteiger partial charge >= 0.3 is 0 Å². The molecule has 3 N–H and O–H groups in total. The summed E-state index contributed by atoms with van der Waals surface area (Å²) in [6.45, 7) is 10.0. The van der Waals surface area contributed by atoms with Crippen LogP contribution < -0.4 is 11.1 Å². The van der Waals surface area contributed by atoms with Crippen molar-refractivity contribution in [3.63, 3.8) is 0 Å². The van der Waals surface area contributed by atoms with Crippen molar-refractivity contribution in [2.75, 3.05) is 6.54 Å². The van der Waals surface area contributed by atoms with Crippen molar-refractivity contribution < 1.29 is 0 Å². The monoisotopic (exact) mass is 260 g/mol. The maximum atomic E-state index is 6.52. The lowest BCUT2D eigenvalue weighted by atomic mass is 9.82. The molecule has 1 aromatic rings. The zero-order valence-electron chi connectivity index (χ0n) is 12.8. The summed E-state index contributed by atoms with van der Waals surface area (Å²) >= 11 is 0. The van der Waals surface area contributed by atoms with Gasteiger partial charge in [-0.2, -0.15) is 0 Å². The molecule has 0 bridgehead atoms. The fraction of sp³-hybridized carbons (Fsp3) is 0.647. The molecular formula is C17H28N2. The Balaban J connectivity index is 2.27. The van der Waals surface area contributed by atoms with Crippen LogP contribution in [0.4, 0.5) is 0 Å². The van der Waals surface area contributed by atoms with E-state index in [1.165, 1.54) is 36.0 Å². The molecular weight excluding hydrogens is 232 g/mol. The highest BCUT2D eigenvalue weighted by Crippen LogP contribution is 2.29. The number of hydrogen-bond donors (Lipinski definition) is 2. The summed E-state index contributed by atoms with van der Waals surface area (Å²) in [6.07, 6.45) is 3.77. The van der Waals surface area contributed by atoms with E-state index in [0.717, 1.165) is 6.54 Å². The zero-order valence-corrected chi connectivity index (χ0v) is 12.8. The van der Waals surface area contributed by atoms with E-state index < -0.39 is 0 Å². The van der Waals surface area contributed by atoms with Crippen molar-refractivity contribution in [3.8, 4) is 0 Å². The van der Waals surface area contributed by atoms with E-state index >= 15 is 0 Å². The van der Waals surface area contributed by atoms with Gasteiger partial charge in [0.15, 0.2) is 0 Å². The highest BCUT2D eigenvalue weighted by atomic mass is 15.0. The van der Waals surface area contributed by atoms with Crippen LogP contribution in [0.3, 0.4) is 0 Å². The molecule has 1 aliphatic heterocycles. The zero-order chi connectivity index (χ0) is 14.0. The molecule has 106 valence electrons. The minimum absolute atomic E-state index is 0.114. The predicted molar refractivity (Wildman–Crippen MR) is 82.4 cm³/mol. The van der Waals surface area contributed by atoms with E-state index in [9.17, 15) is 0 Å². The van der Waals surface area contributed by atoms with E-state index in [2.05, 4.69) is 51.2 Å². The predicted octanol–water partition coefficient (Wildman–Crippen LogP) is 3.43. The summed E-state index contributed by atoms with van der Waals surface area (Å²) in [7, 11) is 0. The lowest BCUT2D eigenvalue weighted by Gasteiger charge is -2.31. The summed E-state index contributed by atoms with van der Waals surface area (Å²) in [6, 6.07) is 7.32. The van der Waals surface area contributed by atoms with Crippen molar-refractivity contribution >= 4 is 0 Å². The maximum Gasteiger partial charge on any atom is 0.0453 e. The first-order valence-electron chi connectivity index (χ1n) is 7.49. The van der Waals surface area contributed by atoms with Crippen LogP contribution in [0, 0.1) is 6.92 Å². The minimum Gasteiger partial charge on any atom is -0.323 e. The Hall–Kier alpha value is -0.860. The average Bonchev–Trinajstić information content (AvgIpc) is 2.38. The molecule has 1 aliphatic rings. The van der Waals surface area contributed by atoms with Crippen LogP contribution in [-0.2, 0) is 5.41 Å². The summed E-state index contributed by atoms with van der Waals surface area (Å²) in [5.74, 6) is 0. The third kappa shape index (κ3) is 3.37. The molecule has 2 unspecified atom stereocenters. The molecule has 0 aliphatic carbocycles. The average molecular weight is 260 g/mol. The quantitative estimate of drug-likeness (QED) is 0.855. The smallest absolute Gasteiger partial charge is 0.0453 e. The number of piperidine rings is 1. The topological polar surface area (TPSA) is 38.0 Å². The van der Waals surface area contributed by atoms with Crippen LogP contribution in [0.15, 0.2) is 18.2 Å². The third-order valence-electron chi connectivity index (χ3n) is 4.29. The first-order valence-corrected chi connectivity index (χ1v) is 7.49. The number of aryl methyl sites for hydroxylation is 1. The molecule has 1 fully saturated rings. The van der Waals surface area contributed by atoms with Gasteiger partial charge in [-0.3, -0.25) is 0 Å². The first kappa shape index (κ1) is 14.5. The second-order valence-corrected chi connectivity index (χ2v) is 6.90. The van der Waals surface area contributed by atoms with Crippen LogP contribution in [0.1, 0.15) is 62.8 Å². The molecule has 1 heterocycles. The van der Waals surface area contributed by atoms with Gasteiger partial charge in [0, 0.05) is 12.1 Å². The Morgan fingerprint density at radius 1 is 1.26 bits per heavy atom. The molecule has 0 spiro atoms. The molecule has 1 aromatic carbocycles. The number of nitrogens with one attached hydrogen (secondary N) is 1. The highest BCUT2D eigenvalue weighted by Gasteiger charge is 2.24. The van der Waals surface area contributed by atoms with Gasteiger partial charge in [-0.05, 0) is 48.4 Å². The van der Waals surface area contributed by atoms with Gasteiger partial charge in [0.2, 0.25) is 0 Å². The lowest BCUT2D eigenvalue weighted by Crippen LogP contribution is -2.42. The molecule has 0 radical (unpaired) electrons. The molecule has 2 nitrogen and oxygen atoms in total. The molecule has 0 aromatic heterocycles. The van der Waals surface area contributed by atoms with Gasteiger partial charge in [-0.1, -0.05) is 45.4 Å². The van der Waals surface area contributed by atoms with Crippen LogP contribution in [-0.4, -0.2) is 12.6 Å². The Kier molecular flexibility index (Phi) is 4.32. The largest absolute Gasteiger partial charge is 0.323 e. The van der Waals surface area contributed by atoms with Gasteiger partial charge in [0.1, 0.15) is 0 Å². The van der Waals surface area contributed by atoms with E-state index in [1.54, 1.807) is 0 Å². The second kappa shape index (κ2) is 5.64. The van der Waals surface area contributed by atoms with Crippen molar-refractivity contribution in [2.45, 2.75) is 64.5 Å². The summed E-state index contributed by atoms with van der Waals surface area (Å²) < 4.78 is 0. The van der Waals surface area contributed by atoms with Crippen LogP contribution >= 0.6 is 0 Å². The van der Waals surface area contributed by atoms with Gasteiger partial charge in [-0.15, -0.1) is 0 Å². The van der Waals surface area contributed by atoms with E-state index in [0.29, 0.717) is 6.04 Å². The normalized spacial score (nSPS) is 22.3. The van der Waals surface area contributed by atoms with Gasteiger partial charge < -0.3 is 11.1 Å². The standard InChI is InChI=1S/C17H28N2/c1-12-8-9-13(17(2,3)4)11-14(12)16(18)15-7-5-6-10-19-15/h8-9,11,15-16,19H,5-7,10,18H2,1-4H3. The second-order valence-electron chi connectivity index (χ2n) is 6.90. The van der Waals surface area contributed by atoms with E-state index in [1.807, 2.05) is 0 Å². The van der Waals surface area contributed by atoms with Crippen molar-refractivity contribution in [1.29, 1.82) is 0 Å². The van der Waals surface area contributed by atoms with Crippen molar-refractivity contribution in [3.05, 3.63) is 34.9 Å². The van der Waals surface area contributed by atoms with Crippen LogP contribution in [0.5, 0.6) is 0 Å². The Morgan fingerprint density at radius 3 is 2.58 bits per heavy atom. The summed E-state index contributed by atoms with van der Waals surface area (Å²) in [5.41, 5.74) is 10.7. The Bertz CT molecular complexity index is 425. The van der Waals surface area contributed by atoms with Crippen molar-refractivity contribution in [1.82, 2.24) is 5.32 Å². The molecule has 0 saturated carbocycles. The van der Waals surface area contributed by atoms with Crippen LogP contribution in [0.25, 0.3) is 0 Å². The van der Waals surface area contributed by atoms with E-state index in [-0.39, 0.29) is 11.5 Å². The molecule has 2 atom stereocenters. The number of benzene rings is 1. The summed E-state index contributed by atoms with van der Waals surface area (Å²) in [5, 5.41) is 3.58. The van der Waals surface area contributed by atoms with Crippen LogP contribution in [0.2, 0.25) is 0 Å². The lowest BCUT2D eigenvalue weighted by molar-refractivity contribution is 0.353. The van der Waals surface area contributed by atoms with E-state index in [4.69, 9.17) is 5.73 Å². The number of nitrogens with two attached hydrogens (primary N) is 1. The minimum atomic E-state index is 0.114. The molecule has 0 amide bonds. The van der Waals surface area contributed by atoms with Gasteiger partial charge in [0.25, 0.3) is 0 Å². The third-order valence-corrected chi connectivity index (χ3v) is 4.29.